The molecular formula is C38H44N4O6S2. The third-order valence-electron chi connectivity index (χ3n) is 8.90. The fourth-order valence-electron chi connectivity index (χ4n) is 6.00. The van der Waals surface area contributed by atoms with E-state index in [9.17, 15) is 24.3 Å². The Morgan fingerprint density at radius 2 is 1.12 bits per heavy atom. The fraction of sp³-hybridized carbons (Fsp3) is 0.421. The number of hydrogen-bond acceptors (Lipinski definition) is 9. The second-order valence-corrected chi connectivity index (χ2v) is 15.2. The predicted molar refractivity (Wildman–Crippen MR) is 200 cm³/mol. The Labute approximate surface area is 300 Å². The first-order valence-electron chi connectivity index (χ1n) is 17.1. The van der Waals surface area contributed by atoms with Gasteiger partial charge >= 0.3 is 11.9 Å². The zero-order valence-electron chi connectivity index (χ0n) is 28.8. The Morgan fingerprint density at radius 3 is 1.52 bits per heavy atom. The van der Waals surface area contributed by atoms with Gasteiger partial charge in [0.1, 0.15) is 0 Å². The van der Waals surface area contributed by atoms with Gasteiger partial charge in [0, 0.05) is 36.6 Å². The van der Waals surface area contributed by atoms with Crippen LogP contribution in [0.3, 0.4) is 0 Å². The van der Waals surface area contributed by atoms with Crippen LogP contribution in [0.5, 0.6) is 0 Å². The number of benzene rings is 2. The molecule has 0 spiro atoms. The summed E-state index contributed by atoms with van der Waals surface area (Å²) in [6.45, 7) is 7.28. The molecule has 4 aromatic rings. The number of aromatic carboxylic acids is 1. The summed E-state index contributed by atoms with van der Waals surface area (Å²) < 4.78 is 8.44. The average Bonchev–Trinajstić information content (AvgIpc) is 3.11. The summed E-state index contributed by atoms with van der Waals surface area (Å²) in [6.07, 6.45) is 7.93. The maximum atomic E-state index is 12.8. The minimum atomic E-state index is -1.28. The van der Waals surface area contributed by atoms with Gasteiger partial charge < -0.3 is 9.84 Å². The monoisotopic (exact) mass is 716 g/mol. The van der Waals surface area contributed by atoms with Crippen molar-refractivity contribution in [3.05, 3.63) is 104 Å². The van der Waals surface area contributed by atoms with Crippen molar-refractivity contribution in [3.63, 3.8) is 0 Å². The number of carboxylic acids is 1. The normalized spacial score (nSPS) is 15.2. The minimum Gasteiger partial charge on any atom is -0.476 e. The molecule has 0 unspecified atom stereocenters. The van der Waals surface area contributed by atoms with Gasteiger partial charge in [-0.2, -0.15) is 33.7 Å². The van der Waals surface area contributed by atoms with Crippen molar-refractivity contribution in [1.82, 2.24) is 19.6 Å². The van der Waals surface area contributed by atoms with E-state index in [1.807, 2.05) is 85.9 Å². The quantitative estimate of drug-likeness (QED) is 0.189. The Bertz CT molecular complexity index is 1890. The van der Waals surface area contributed by atoms with Gasteiger partial charge in [-0.1, -0.05) is 59.7 Å². The van der Waals surface area contributed by atoms with Crippen molar-refractivity contribution in [2.24, 2.45) is 11.8 Å². The molecule has 0 aliphatic carbocycles. The molecule has 10 nitrogen and oxygen atoms in total. The molecule has 2 fully saturated rings. The lowest BCUT2D eigenvalue weighted by atomic mass is 10.0. The Kier molecular flexibility index (Phi) is 13.1. The summed E-state index contributed by atoms with van der Waals surface area (Å²) in [7, 11) is 0. The van der Waals surface area contributed by atoms with Gasteiger partial charge in [0.05, 0.1) is 6.61 Å². The maximum absolute atomic E-state index is 12.8. The molecule has 2 saturated heterocycles. The lowest BCUT2D eigenvalue weighted by molar-refractivity contribution is 0.0513. The molecule has 1 N–H and O–H groups in total. The summed E-state index contributed by atoms with van der Waals surface area (Å²) in [4.78, 5) is 49.0. The largest absolute Gasteiger partial charge is 0.476 e. The van der Waals surface area contributed by atoms with Crippen molar-refractivity contribution in [2.75, 3.05) is 29.6 Å². The van der Waals surface area contributed by atoms with E-state index in [4.69, 9.17) is 4.74 Å². The summed E-state index contributed by atoms with van der Waals surface area (Å²) in [6, 6.07) is 15.3. The summed E-state index contributed by atoms with van der Waals surface area (Å²) in [5, 5.41) is 17.7. The molecule has 2 aliphatic heterocycles. The smallest absolute Gasteiger partial charge is 0.362 e. The molecule has 50 heavy (non-hydrogen) atoms. The van der Waals surface area contributed by atoms with Gasteiger partial charge in [0.25, 0.3) is 0 Å². The second-order valence-electron chi connectivity index (χ2n) is 12.8. The van der Waals surface area contributed by atoms with Crippen molar-refractivity contribution >= 4 is 35.5 Å². The van der Waals surface area contributed by atoms with E-state index in [0.29, 0.717) is 36.1 Å². The third kappa shape index (κ3) is 9.75. The molecule has 0 amide bonds. The van der Waals surface area contributed by atoms with Crippen LogP contribution in [-0.2, 0) is 17.8 Å². The molecule has 264 valence electrons. The van der Waals surface area contributed by atoms with Crippen LogP contribution in [0, 0.1) is 25.7 Å². The molecular weight excluding hydrogens is 673 g/mol. The summed E-state index contributed by atoms with van der Waals surface area (Å²) in [5.41, 5.74) is 3.18. The van der Waals surface area contributed by atoms with E-state index < -0.39 is 23.1 Å². The first-order valence-corrected chi connectivity index (χ1v) is 19.4. The van der Waals surface area contributed by atoms with E-state index in [0.717, 1.165) is 70.9 Å². The molecule has 0 atom stereocenters. The number of carbonyl (C=O) groups excluding carboxylic acids is 1. The van der Waals surface area contributed by atoms with Gasteiger partial charge in [0.15, 0.2) is 0 Å². The van der Waals surface area contributed by atoms with Gasteiger partial charge in [-0.3, -0.25) is 19.0 Å². The van der Waals surface area contributed by atoms with E-state index >= 15 is 0 Å². The van der Waals surface area contributed by atoms with Crippen LogP contribution < -0.4 is 10.9 Å². The number of rotatable bonds is 9. The van der Waals surface area contributed by atoms with Crippen LogP contribution in [-0.4, -0.2) is 66.2 Å². The van der Waals surface area contributed by atoms with E-state index in [2.05, 4.69) is 10.2 Å². The van der Waals surface area contributed by atoms with Gasteiger partial charge in [0.2, 0.25) is 22.2 Å². The zero-order valence-corrected chi connectivity index (χ0v) is 30.4. The number of ether oxygens (including phenoxy) is 1. The Balaban J connectivity index is 0.000000195. The number of hydrogen-bond donors (Lipinski definition) is 1. The maximum Gasteiger partial charge on any atom is 0.362 e. The van der Waals surface area contributed by atoms with Crippen LogP contribution in [0.25, 0.3) is 22.3 Å². The van der Waals surface area contributed by atoms with Crippen LogP contribution >= 0.6 is 23.5 Å². The second kappa shape index (κ2) is 17.7. The topological polar surface area (TPSA) is 133 Å². The molecule has 6 rings (SSSR count). The highest BCUT2D eigenvalue weighted by molar-refractivity contribution is 7.99. The highest BCUT2D eigenvalue weighted by Gasteiger charge is 2.22. The van der Waals surface area contributed by atoms with Crippen molar-refractivity contribution in [2.45, 2.75) is 59.5 Å². The standard InChI is InChI=1S/C20H24N2O3S.C18H20N2O3S/c1-3-25-20(24)18-19(23)17(16-6-4-14(2)5-7-16)13-22(21-18)12-15-8-10-26-11-9-15;1-12-2-4-14(5-3-12)15-11-20(10-13-6-8-24-9-7-13)19-16(17(15)21)18(22)23/h4-7,13,15H,3,8-12H2,1-2H3;2-5,11,13H,6-10H2,1H3,(H,22,23). The van der Waals surface area contributed by atoms with Crippen LogP contribution in [0.4, 0.5) is 0 Å². The third-order valence-corrected chi connectivity index (χ3v) is 11.0. The van der Waals surface area contributed by atoms with Gasteiger partial charge in [-0.15, -0.1) is 0 Å². The van der Waals surface area contributed by atoms with Gasteiger partial charge in [-0.25, -0.2) is 9.59 Å². The first kappa shape index (κ1) is 37.1. The number of nitrogens with zero attached hydrogens (tertiary/aromatic N) is 4. The molecule has 0 radical (unpaired) electrons. The molecule has 2 aromatic heterocycles. The molecule has 2 aliphatic rings. The Morgan fingerprint density at radius 1 is 0.720 bits per heavy atom. The highest BCUT2D eigenvalue weighted by atomic mass is 32.2. The van der Waals surface area contributed by atoms with Crippen molar-refractivity contribution in [3.8, 4) is 22.3 Å². The SMILES string of the molecule is CCOC(=O)c1nn(CC2CCSCC2)cc(-c2ccc(C)cc2)c1=O.Cc1ccc(-c2cn(CC3CCSCC3)nc(C(=O)O)c2=O)cc1. The number of carboxylic acid groups (broad SMARTS) is 1. The average molecular weight is 717 g/mol. The van der Waals surface area contributed by atoms with Crippen molar-refractivity contribution < 1.29 is 19.4 Å². The lowest BCUT2D eigenvalue weighted by Gasteiger charge is -2.22. The minimum absolute atomic E-state index is 0.130. The molecule has 2 aromatic carbocycles. The van der Waals surface area contributed by atoms with E-state index in [1.54, 1.807) is 28.7 Å². The lowest BCUT2D eigenvalue weighted by Crippen LogP contribution is -2.27. The van der Waals surface area contributed by atoms with Crippen molar-refractivity contribution in [1.29, 1.82) is 0 Å². The molecule has 4 heterocycles. The fourth-order valence-corrected chi connectivity index (χ4v) is 8.41. The van der Waals surface area contributed by atoms with E-state index in [1.165, 1.54) is 0 Å². The number of thioether (sulfide) groups is 2. The first-order chi connectivity index (χ1) is 24.1. The van der Waals surface area contributed by atoms with Gasteiger partial charge in [-0.05, 0) is 92.4 Å². The number of aromatic nitrogens is 4. The summed E-state index contributed by atoms with van der Waals surface area (Å²) in [5.74, 6) is 3.63. The predicted octanol–water partition coefficient (Wildman–Crippen LogP) is 6.60. The highest BCUT2D eigenvalue weighted by Crippen LogP contribution is 2.26. The zero-order chi connectivity index (χ0) is 35.6. The van der Waals surface area contributed by atoms with Crippen LogP contribution in [0.1, 0.15) is 64.7 Å². The van der Waals surface area contributed by atoms with Crippen LogP contribution in [0.2, 0.25) is 0 Å². The number of aryl methyl sites for hydroxylation is 2. The number of esters is 1. The number of carbonyl (C=O) groups is 2. The summed E-state index contributed by atoms with van der Waals surface area (Å²) >= 11 is 3.92. The molecule has 12 heteroatoms. The van der Waals surface area contributed by atoms with Crippen LogP contribution in [0.15, 0.2) is 70.5 Å². The molecule has 0 bridgehead atoms. The molecule has 0 saturated carbocycles. The Hall–Kier alpha value is -4.16. The van der Waals surface area contributed by atoms with E-state index in [-0.39, 0.29) is 17.7 Å².